The van der Waals surface area contributed by atoms with Crippen LogP contribution in [0.3, 0.4) is 0 Å². The van der Waals surface area contributed by atoms with Crippen LogP contribution in [0.25, 0.3) is 11.0 Å². The Morgan fingerprint density at radius 1 is 1.14 bits per heavy atom. The Morgan fingerprint density at radius 2 is 1.79 bits per heavy atom. The summed E-state index contributed by atoms with van der Waals surface area (Å²) in [4.78, 5) is 24.0. The van der Waals surface area contributed by atoms with Gasteiger partial charge in [-0.25, -0.2) is 9.97 Å². The zero-order valence-corrected chi connectivity index (χ0v) is 17.4. The van der Waals surface area contributed by atoms with Gasteiger partial charge in [0.05, 0.1) is 11.0 Å². The number of amides is 1. The first-order valence-electron chi connectivity index (χ1n) is 10.4. The van der Waals surface area contributed by atoms with Gasteiger partial charge in [-0.2, -0.15) is 0 Å². The molecule has 3 rings (SSSR count). The van der Waals surface area contributed by atoms with Gasteiger partial charge in [-0.3, -0.25) is 4.79 Å². The van der Waals surface area contributed by atoms with Gasteiger partial charge < -0.3 is 15.0 Å². The highest BCUT2D eigenvalue weighted by Gasteiger charge is 2.24. The summed E-state index contributed by atoms with van der Waals surface area (Å²) in [6.45, 7) is 6.10. The van der Waals surface area contributed by atoms with E-state index in [2.05, 4.69) is 36.1 Å². The highest BCUT2D eigenvalue weighted by molar-refractivity contribution is 5.79. The summed E-state index contributed by atoms with van der Waals surface area (Å²) in [5.41, 5.74) is 1.61. The molecule has 0 radical (unpaired) electrons. The Kier molecular flexibility index (Phi) is 6.70. The first kappa shape index (κ1) is 20.4. The normalized spacial score (nSPS) is 16.2. The molecule has 1 aromatic heterocycles. The Morgan fingerprint density at radius 3 is 2.43 bits per heavy atom. The van der Waals surface area contributed by atoms with Gasteiger partial charge in [-0.1, -0.05) is 45.2 Å². The molecule has 1 saturated carbocycles. The van der Waals surface area contributed by atoms with Crippen LogP contribution in [0.2, 0.25) is 0 Å². The van der Waals surface area contributed by atoms with E-state index in [1.54, 1.807) is 0 Å². The maximum Gasteiger partial charge on any atom is 0.258 e. The number of rotatable bonds is 7. The lowest BCUT2D eigenvalue weighted by Crippen LogP contribution is -2.39. The molecule has 0 bridgehead atoms. The van der Waals surface area contributed by atoms with Crippen LogP contribution < -0.4 is 15.0 Å². The molecule has 6 heteroatoms. The molecule has 1 aliphatic rings. The Labute approximate surface area is 167 Å². The number of benzene rings is 1. The van der Waals surface area contributed by atoms with Crippen molar-refractivity contribution in [3.63, 3.8) is 0 Å². The average molecular weight is 385 g/mol. The van der Waals surface area contributed by atoms with Gasteiger partial charge in [0.25, 0.3) is 11.8 Å². The van der Waals surface area contributed by atoms with Crippen LogP contribution >= 0.6 is 0 Å². The summed E-state index contributed by atoms with van der Waals surface area (Å²) in [5.74, 6) is 1.38. The number of carbonyl (C=O) groups excluding carboxylic acids is 1. The second-order valence-electron chi connectivity index (χ2n) is 8.13. The maximum absolute atomic E-state index is 12.3. The molecule has 0 unspecified atom stereocenters. The molecule has 1 N–H and O–H groups in total. The van der Waals surface area contributed by atoms with E-state index < -0.39 is 0 Å². The van der Waals surface area contributed by atoms with Gasteiger partial charge >= 0.3 is 0 Å². The lowest BCUT2D eigenvalue weighted by Gasteiger charge is -2.32. The monoisotopic (exact) mass is 384 g/mol. The van der Waals surface area contributed by atoms with Crippen molar-refractivity contribution in [1.82, 2.24) is 15.3 Å². The summed E-state index contributed by atoms with van der Waals surface area (Å²) >= 11 is 0. The van der Waals surface area contributed by atoms with Gasteiger partial charge in [0.1, 0.15) is 0 Å². The number of ether oxygens (including phenoxy) is 1. The van der Waals surface area contributed by atoms with Gasteiger partial charge in [-0.05, 0) is 37.8 Å². The Bertz CT molecular complexity index is 802. The molecule has 28 heavy (non-hydrogen) atoms. The largest absolute Gasteiger partial charge is 0.465 e. The van der Waals surface area contributed by atoms with Crippen LogP contribution in [-0.2, 0) is 4.79 Å². The molecule has 152 valence electrons. The molecule has 0 aliphatic heterocycles. The molecule has 1 amide bonds. The van der Waals surface area contributed by atoms with Crippen molar-refractivity contribution >= 4 is 22.8 Å². The van der Waals surface area contributed by atoms with Crippen LogP contribution in [0, 0.1) is 5.92 Å². The van der Waals surface area contributed by atoms with Crippen LogP contribution in [0.4, 0.5) is 5.82 Å². The topological polar surface area (TPSA) is 67.3 Å². The molecule has 0 saturated heterocycles. The summed E-state index contributed by atoms with van der Waals surface area (Å²) in [6, 6.07) is 8.30. The van der Waals surface area contributed by atoms with Crippen molar-refractivity contribution in [2.24, 2.45) is 5.92 Å². The molecule has 1 aliphatic carbocycles. The van der Waals surface area contributed by atoms with E-state index in [0.29, 0.717) is 17.8 Å². The number of hydrogen-bond donors (Lipinski definition) is 1. The highest BCUT2D eigenvalue weighted by atomic mass is 16.5. The SMILES string of the molecule is CC(C)[C@@H](C)NC(=O)COc1nc2ccccc2nc1N(C)C1CCCCC1. The minimum absolute atomic E-state index is 0.0599. The minimum atomic E-state index is -0.137. The summed E-state index contributed by atoms with van der Waals surface area (Å²) < 4.78 is 5.87. The average Bonchev–Trinajstić information content (AvgIpc) is 2.71. The molecule has 2 aromatic rings. The van der Waals surface area contributed by atoms with Crippen molar-refractivity contribution in [3.8, 4) is 5.88 Å². The van der Waals surface area contributed by atoms with Gasteiger partial charge in [0, 0.05) is 19.1 Å². The number of anilines is 1. The second-order valence-corrected chi connectivity index (χ2v) is 8.13. The standard InChI is InChI=1S/C22H32N4O2/c1-15(2)16(3)23-20(27)14-28-22-21(26(4)17-10-6-5-7-11-17)24-18-12-8-9-13-19(18)25-22/h8-9,12-13,15-17H,5-7,10-11,14H2,1-4H3,(H,23,27)/t16-/m1/s1. The third kappa shape index (κ3) is 4.91. The van der Waals surface area contributed by atoms with Crippen LogP contribution in [0.1, 0.15) is 52.9 Å². The fraction of sp³-hybridized carbons (Fsp3) is 0.591. The van der Waals surface area contributed by atoms with Crippen molar-refractivity contribution < 1.29 is 9.53 Å². The van der Waals surface area contributed by atoms with Crippen LogP contribution in [0.5, 0.6) is 5.88 Å². The summed E-state index contributed by atoms with van der Waals surface area (Å²) in [6.07, 6.45) is 6.07. The maximum atomic E-state index is 12.3. The third-order valence-electron chi connectivity index (χ3n) is 5.71. The molecule has 1 heterocycles. The molecule has 0 spiro atoms. The Balaban J connectivity index is 1.81. The quantitative estimate of drug-likeness (QED) is 0.783. The number of nitrogens with zero attached hydrogens (tertiary/aromatic N) is 3. The van der Waals surface area contributed by atoms with E-state index in [1.807, 2.05) is 31.2 Å². The molecule has 1 atom stereocenters. The van der Waals surface area contributed by atoms with Crippen LogP contribution in [0.15, 0.2) is 24.3 Å². The van der Waals surface area contributed by atoms with Crippen LogP contribution in [-0.4, -0.2) is 41.6 Å². The smallest absolute Gasteiger partial charge is 0.258 e. The third-order valence-corrected chi connectivity index (χ3v) is 5.71. The minimum Gasteiger partial charge on any atom is -0.465 e. The highest BCUT2D eigenvalue weighted by Crippen LogP contribution is 2.31. The summed E-state index contributed by atoms with van der Waals surface area (Å²) in [5, 5.41) is 2.97. The van der Waals surface area contributed by atoms with Gasteiger partial charge in [-0.15, -0.1) is 0 Å². The van der Waals surface area contributed by atoms with Crippen molar-refractivity contribution in [2.75, 3.05) is 18.6 Å². The zero-order valence-electron chi connectivity index (χ0n) is 17.4. The van der Waals surface area contributed by atoms with E-state index in [9.17, 15) is 4.79 Å². The number of hydrogen-bond acceptors (Lipinski definition) is 5. The van der Waals surface area contributed by atoms with Gasteiger partial charge in [0.15, 0.2) is 12.4 Å². The van der Waals surface area contributed by atoms with E-state index in [1.165, 1.54) is 19.3 Å². The van der Waals surface area contributed by atoms with Gasteiger partial charge in [0.2, 0.25) is 0 Å². The molecular weight excluding hydrogens is 352 g/mol. The predicted octanol–water partition coefficient (Wildman–Crippen LogP) is 3.94. The number of nitrogens with one attached hydrogen (secondary N) is 1. The van der Waals surface area contributed by atoms with Crippen molar-refractivity contribution in [1.29, 1.82) is 0 Å². The predicted molar refractivity (Wildman–Crippen MR) is 113 cm³/mol. The number of aromatic nitrogens is 2. The van der Waals surface area contributed by atoms with Crippen molar-refractivity contribution in [3.05, 3.63) is 24.3 Å². The molecule has 1 fully saturated rings. The summed E-state index contributed by atoms with van der Waals surface area (Å²) in [7, 11) is 2.06. The Hall–Kier alpha value is -2.37. The first-order valence-corrected chi connectivity index (χ1v) is 10.4. The van der Waals surface area contributed by atoms with E-state index in [4.69, 9.17) is 9.72 Å². The molecule has 1 aromatic carbocycles. The van der Waals surface area contributed by atoms with Crippen molar-refractivity contribution in [2.45, 2.75) is 65.0 Å². The lowest BCUT2D eigenvalue weighted by atomic mass is 9.94. The number of carbonyl (C=O) groups is 1. The molecule has 6 nitrogen and oxygen atoms in total. The lowest BCUT2D eigenvalue weighted by molar-refractivity contribution is -0.124. The zero-order chi connectivity index (χ0) is 20.1. The van der Waals surface area contributed by atoms with E-state index in [-0.39, 0.29) is 18.6 Å². The second kappa shape index (κ2) is 9.22. The first-order chi connectivity index (χ1) is 13.5. The molecular formula is C22H32N4O2. The number of para-hydroxylation sites is 2. The number of fused-ring (bicyclic) bond motifs is 1. The fourth-order valence-electron chi connectivity index (χ4n) is 3.54. The fourth-order valence-corrected chi connectivity index (χ4v) is 3.54. The van der Waals surface area contributed by atoms with E-state index in [0.717, 1.165) is 29.7 Å². The van der Waals surface area contributed by atoms with E-state index >= 15 is 0 Å².